The molecule has 0 aromatic heterocycles. The van der Waals surface area contributed by atoms with Gasteiger partial charge in [0.2, 0.25) is 0 Å². The van der Waals surface area contributed by atoms with Crippen molar-refractivity contribution < 1.29 is 14.6 Å². The van der Waals surface area contributed by atoms with Gasteiger partial charge in [0.1, 0.15) is 18.1 Å². The summed E-state index contributed by atoms with van der Waals surface area (Å²) in [5.74, 6) is 1.79. The van der Waals surface area contributed by atoms with Crippen molar-refractivity contribution in [2.45, 2.75) is 52.6 Å². The SMILES string of the molecule is CC(C)N(CCOc1ccc(Cc2c(OCCCO)ccc3ccccc23)cc1)C(C)C. The van der Waals surface area contributed by atoms with E-state index >= 15 is 0 Å². The van der Waals surface area contributed by atoms with Crippen LogP contribution in [0.2, 0.25) is 0 Å². The summed E-state index contributed by atoms with van der Waals surface area (Å²) in [4.78, 5) is 2.44. The smallest absolute Gasteiger partial charge is 0.123 e. The largest absolute Gasteiger partial charge is 0.493 e. The van der Waals surface area contributed by atoms with Crippen LogP contribution in [0, 0.1) is 0 Å². The van der Waals surface area contributed by atoms with Crippen molar-refractivity contribution in [2.75, 3.05) is 26.4 Å². The summed E-state index contributed by atoms with van der Waals surface area (Å²) < 4.78 is 12.0. The minimum absolute atomic E-state index is 0.135. The van der Waals surface area contributed by atoms with Crippen LogP contribution in [0.15, 0.2) is 60.7 Å². The summed E-state index contributed by atoms with van der Waals surface area (Å²) >= 11 is 0. The van der Waals surface area contributed by atoms with E-state index in [-0.39, 0.29) is 6.61 Å². The molecule has 0 unspecified atom stereocenters. The monoisotopic (exact) mass is 435 g/mol. The molecule has 0 atom stereocenters. The average molecular weight is 436 g/mol. The molecule has 0 aliphatic heterocycles. The van der Waals surface area contributed by atoms with Gasteiger partial charge in [0.25, 0.3) is 0 Å². The van der Waals surface area contributed by atoms with Gasteiger partial charge in [-0.1, -0.05) is 42.5 Å². The van der Waals surface area contributed by atoms with E-state index in [2.05, 4.69) is 87.2 Å². The Bertz CT molecular complexity index is 958. The molecule has 4 nitrogen and oxygen atoms in total. The number of hydrogen-bond donors (Lipinski definition) is 1. The predicted octanol–water partition coefficient (Wildman–Crippen LogP) is 5.69. The number of ether oxygens (including phenoxy) is 2. The third kappa shape index (κ3) is 6.47. The van der Waals surface area contributed by atoms with Gasteiger partial charge in [-0.3, -0.25) is 4.90 Å². The van der Waals surface area contributed by atoms with Crippen LogP contribution in [0.25, 0.3) is 10.8 Å². The van der Waals surface area contributed by atoms with Gasteiger partial charge in [0.05, 0.1) is 6.61 Å². The molecule has 3 aromatic carbocycles. The number of rotatable bonds is 12. The molecule has 0 amide bonds. The Morgan fingerprint density at radius 3 is 2.22 bits per heavy atom. The molecule has 0 aliphatic carbocycles. The van der Waals surface area contributed by atoms with Crippen molar-refractivity contribution in [1.29, 1.82) is 0 Å². The third-order valence-electron chi connectivity index (χ3n) is 5.81. The fourth-order valence-corrected chi connectivity index (χ4v) is 4.17. The lowest BCUT2D eigenvalue weighted by Crippen LogP contribution is -2.39. The van der Waals surface area contributed by atoms with Crippen LogP contribution in [0.5, 0.6) is 11.5 Å². The zero-order valence-electron chi connectivity index (χ0n) is 19.9. The van der Waals surface area contributed by atoms with Crippen molar-refractivity contribution in [3.63, 3.8) is 0 Å². The first-order valence-electron chi connectivity index (χ1n) is 11.7. The summed E-state index contributed by atoms with van der Waals surface area (Å²) in [6.45, 7) is 11.2. The molecule has 172 valence electrons. The van der Waals surface area contributed by atoms with E-state index in [1.54, 1.807) is 0 Å². The molecule has 0 saturated heterocycles. The average Bonchev–Trinajstić information content (AvgIpc) is 2.78. The lowest BCUT2D eigenvalue weighted by Gasteiger charge is -2.30. The minimum atomic E-state index is 0.135. The lowest BCUT2D eigenvalue weighted by molar-refractivity contribution is 0.142. The Labute approximate surface area is 192 Å². The standard InChI is InChI=1S/C28H37NO3/c1-21(2)29(22(3)4)16-19-31-25-13-10-23(11-14-25)20-27-26-9-6-5-8-24(26)12-15-28(27)32-18-7-17-30/h5-6,8-15,21-22,30H,7,16-20H2,1-4H3. The summed E-state index contributed by atoms with van der Waals surface area (Å²) in [6.07, 6.45) is 1.41. The van der Waals surface area contributed by atoms with Gasteiger partial charge in [-0.05, 0) is 62.2 Å². The lowest BCUT2D eigenvalue weighted by atomic mass is 9.97. The van der Waals surface area contributed by atoms with Crippen LogP contribution in [-0.2, 0) is 6.42 Å². The number of benzene rings is 3. The highest BCUT2D eigenvalue weighted by Crippen LogP contribution is 2.31. The summed E-state index contributed by atoms with van der Waals surface area (Å²) in [7, 11) is 0. The Hall–Kier alpha value is -2.56. The highest BCUT2D eigenvalue weighted by Gasteiger charge is 2.13. The minimum Gasteiger partial charge on any atom is -0.493 e. The van der Waals surface area contributed by atoms with Gasteiger partial charge in [0, 0.05) is 43.6 Å². The Morgan fingerprint density at radius 2 is 1.53 bits per heavy atom. The molecule has 0 spiro atoms. The molecule has 32 heavy (non-hydrogen) atoms. The van der Waals surface area contributed by atoms with Crippen LogP contribution >= 0.6 is 0 Å². The van der Waals surface area contributed by atoms with Crippen LogP contribution in [0.3, 0.4) is 0 Å². The molecule has 1 N–H and O–H groups in total. The number of aliphatic hydroxyl groups excluding tert-OH is 1. The maximum atomic E-state index is 9.10. The fraction of sp³-hybridized carbons (Fsp3) is 0.429. The van der Waals surface area contributed by atoms with E-state index in [0.29, 0.717) is 31.7 Å². The van der Waals surface area contributed by atoms with E-state index in [1.807, 2.05) is 6.07 Å². The molecular weight excluding hydrogens is 398 g/mol. The van der Waals surface area contributed by atoms with Crippen LogP contribution in [-0.4, -0.2) is 48.5 Å². The summed E-state index contributed by atoms with van der Waals surface area (Å²) in [5.41, 5.74) is 2.39. The highest BCUT2D eigenvalue weighted by molar-refractivity contribution is 5.88. The molecule has 0 fully saturated rings. The van der Waals surface area contributed by atoms with Crippen LogP contribution < -0.4 is 9.47 Å². The fourth-order valence-electron chi connectivity index (χ4n) is 4.17. The number of hydrogen-bond acceptors (Lipinski definition) is 4. The Morgan fingerprint density at radius 1 is 0.812 bits per heavy atom. The van der Waals surface area contributed by atoms with Crippen LogP contribution in [0.4, 0.5) is 0 Å². The van der Waals surface area contributed by atoms with Gasteiger partial charge >= 0.3 is 0 Å². The van der Waals surface area contributed by atoms with E-state index in [4.69, 9.17) is 14.6 Å². The third-order valence-corrected chi connectivity index (χ3v) is 5.81. The van der Waals surface area contributed by atoms with Gasteiger partial charge < -0.3 is 14.6 Å². The van der Waals surface area contributed by atoms with Crippen molar-refractivity contribution in [3.8, 4) is 11.5 Å². The van der Waals surface area contributed by atoms with Gasteiger partial charge in [-0.15, -0.1) is 0 Å². The van der Waals surface area contributed by atoms with Crippen molar-refractivity contribution in [2.24, 2.45) is 0 Å². The molecule has 4 heteroatoms. The van der Waals surface area contributed by atoms with E-state index in [0.717, 1.165) is 24.5 Å². The molecule has 0 radical (unpaired) electrons. The van der Waals surface area contributed by atoms with Crippen molar-refractivity contribution in [1.82, 2.24) is 4.90 Å². The number of fused-ring (bicyclic) bond motifs is 1. The molecule has 0 bridgehead atoms. The van der Waals surface area contributed by atoms with E-state index in [1.165, 1.54) is 21.9 Å². The van der Waals surface area contributed by atoms with Gasteiger partial charge in [-0.2, -0.15) is 0 Å². The molecule has 0 heterocycles. The van der Waals surface area contributed by atoms with Gasteiger partial charge in [-0.25, -0.2) is 0 Å². The second-order valence-corrected chi connectivity index (χ2v) is 8.78. The molecule has 3 aromatic rings. The quantitative estimate of drug-likeness (QED) is 0.371. The first kappa shape index (κ1) is 24.1. The van der Waals surface area contributed by atoms with Gasteiger partial charge in [0.15, 0.2) is 0 Å². The number of nitrogens with zero attached hydrogens (tertiary/aromatic N) is 1. The predicted molar refractivity (Wildman–Crippen MR) is 133 cm³/mol. The summed E-state index contributed by atoms with van der Waals surface area (Å²) in [5, 5.41) is 11.5. The van der Waals surface area contributed by atoms with Crippen molar-refractivity contribution >= 4 is 10.8 Å². The van der Waals surface area contributed by atoms with E-state index < -0.39 is 0 Å². The van der Waals surface area contributed by atoms with Crippen LogP contribution in [0.1, 0.15) is 45.2 Å². The molecule has 0 aliphatic rings. The Kier molecular flexibility index (Phi) is 8.95. The molecule has 0 saturated carbocycles. The Balaban J connectivity index is 1.70. The first-order chi connectivity index (χ1) is 15.5. The zero-order valence-corrected chi connectivity index (χ0v) is 19.9. The second kappa shape index (κ2) is 11.9. The highest BCUT2D eigenvalue weighted by atomic mass is 16.5. The van der Waals surface area contributed by atoms with Crippen molar-refractivity contribution in [3.05, 3.63) is 71.8 Å². The molecule has 3 rings (SSSR count). The summed E-state index contributed by atoms with van der Waals surface area (Å²) in [6, 6.07) is 22.0. The molecular formula is C28H37NO3. The topological polar surface area (TPSA) is 41.9 Å². The second-order valence-electron chi connectivity index (χ2n) is 8.78. The maximum absolute atomic E-state index is 9.10. The number of aliphatic hydroxyl groups is 1. The first-order valence-corrected chi connectivity index (χ1v) is 11.7. The normalized spacial score (nSPS) is 11.6. The van der Waals surface area contributed by atoms with E-state index in [9.17, 15) is 0 Å². The zero-order chi connectivity index (χ0) is 22.9. The maximum Gasteiger partial charge on any atom is 0.123 e.